The summed E-state index contributed by atoms with van der Waals surface area (Å²) < 4.78 is 0. The minimum absolute atomic E-state index is 0.0927. The first-order valence-corrected chi connectivity index (χ1v) is 5.93. The minimum atomic E-state index is -0.838. The van der Waals surface area contributed by atoms with E-state index in [-0.39, 0.29) is 5.41 Å². The van der Waals surface area contributed by atoms with Crippen molar-refractivity contribution in [3.8, 4) is 0 Å². The first kappa shape index (κ1) is 13.7. The molecule has 0 aliphatic heterocycles. The van der Waals surface area contributed by atoms with Crippen LogP contribution in [0.15, 0.2) is 24.3 Å². The SMILES string of the molecule is CCNC(C(=O)O)c1ccc(C(C)(C)C)cc1. The molecule has 2 N–H and O–H groups in total. The van der Waals surface area contributed by atoms with E-state index in [4.69, 9.17) is 5.11 Å². The number of carbonyl (C=O) groups is 1. The highest BCUT2D eigenvalue weighted by atomic mass is 16.4. The van der Waals surface area contributed by atoms with Crippen LogP contribution < -0.4 is 5.32 Å². The molecule has 0 bridgehead atoms. The van der Waals surface area contributed by atoms with Crippen molar-refractivity contribution in [2.45, 2.75) is 39.2 Å². The third-order valence-corrected chi connectivity index (χ3v) is 2.77. The number of hydrogen-bond acceptors (Lipinski definition) is 2. The van der Waals surface area contributed by atoms with Gasteiger partial charge in [0.1, 0.15) is 6.04 Å². The molecule has 0 saturated carbocycles. The molecule has 0 radical (unpaired) electrons. The molecule has 0 heterocycles. The largest absolute Gasteiger partial charge is 0.480 e. The number of carboxylic acid groups (broad SMARTS) is 1. The number of aliphatic carboxylic acids is 1. The molecule has 0 aromatic heterocycles. The van der Waals surface area contributed by atoms with Crippen LogP contribution in [0.4, 0.5) is 0 Å². The summed E-state index contributed by atoms with van der Waals surface area (Å²) in [5.41, 5.74) is 2.10. The van der Waals surface area contributed by atoms with Gasteiger partial charge in [0, 0.05) is 0 Å². The van der Waals surface area contributed by atoms with Crippen LogP contribution in [0, 0.1) is 0 Å². The van der Waals surface area contributed by atoms with E-state index in [9.17, 15) is 4.79 Å². The first-order chi connectivity index (χ1) is 7.86. The fraction of sp³-hybridized carbons (Fsp3) is 0.500. The number of rotatable bonds is 4. The predicted molar refractivity (Wildman–Crippen MR) is 69.2 cm³/mol. The van der Waals surface area contributed by atoms with Crippen LogP contribution in [0.25, 0.3) is 0 Å². The summed E-state index contributed by atoms with van der Waals surface area (Å²) in [5.74, 6) is -0.838. The monoisotopic (exact) mass is 235 g/mol. The van der Waals surface area contributed by atoms with E-state index in [1.54, 1.807) is 0 Å². The Bertz CT molecular complexity index is 376. The number of likely N-dealkylation sites (N-methyl/N-ethyl adjacent to an activating group) is 1. The second-order valence-corrected chi connectivity index (χ2v) is 5.20. The third-order valence-electron chi connectivity index (χ3n) is 2.77. The van der Waals surface area contributed by atoms with Crippen molar-refractivity contribution in [1.82, 2.24) is 5.32 Å². The van der Waals surface area contributed by atoms with Crippen molar-refractivity contribution in [2.24, 2.45) is 0 Å². The van der Waals surface area contributed by atoms with Gasteiger partial charge in [-0.3, -0.25) is 4.79 Å². The number of hydrogen-bond donors (Lipinski definition) is 2. The molecular formula is C14H21NO2. The molecule has 3 nitrogen and oxygen atoms in total. The smallest absolute Gasteiger partial charge is 0.325 e. The van der Waals surface area contributed by atoms with E-state index in [1.807, 2.05) is 31.2 Å². The zero-order valence-electron chi connectivity index (χ0n) is 10.9. The number of benzene rings is 1. The fourth-order valence-electron chi connectivity index (χ4n) is 1.73. The zero-order valence-corrected chi connectivity index (χ0v) is 10.9. The van der Waals surface area contributed by atoms with Gasteiger partial charge in [-0.15, -0.1) is 0 Å². The van der Waals surface area contributed by atoms with Gasteiger partial charge >= 0.3 is 5.97 Å². The second kappa shape index (κ2) is 5.32. The average molecular weight is 235 g/mol. The maximum atomic E-state index is 11.1. The van der Waals surface area contributed by atoms with Gasteiger partial charge < -0.3 is 10.4 Å². The van der Waals surface area contributed by atoms with Crippen molar-refractivity contribution >= 4 is 5.97 Å². The molecule has 1 aromatic rings. The lowest BCUT2D eigenvalue weighted by molar-refractivity contribution is -0.139. The van der Waals surface area contributed by atoms with E-state index < -0.39 is 12.0 Å². The Labute approximate surface area is 103 Å². The molecule has 1 atom stereocenters. The van der Waals surface area contributed by atoms with Crippen LogP contribution in [-0.4, -0.2) is 17.6 Å². The molecular weight excluding hydrogens is 214 g/mol. The molecule has 0 amide bonds. The van der Waals surface area contributed by atoms with Gasteiger partial charge in [-0.1, -0.05) is 52.0 Å². The lowest BCUT2D eigenvalue weighted by Gasteiger charge is -2.20. The molecule has 3 heteroatoms. The lowest BCUT2D eigenvalue weighted by atomic mass is 9.86. The van der Waals surface area contributed by atoms with Crippen LogP contribution >= 0.6 is 0 Å². The first-order valence-electron chi connectivity index (χ1n) is 5.93. The molecule has 0 fully saturated rings. The minimum Gasteiger partial charge on any atom is -0.480 e. The molecule has 0 aliphatic carbocycles. The highest BCUT2D eigenvalue weighted by Gasteiger charge is 2.19. The topological polar surface area (TPSA) is 49.3 Å². The van der Waals surface area contributed by atoms with Crippen molar-refractivity contribution in [3.05, 3.63) is 35.4 Å². The van der Waals surface area contributed by atoms with Crippen LogP contribution in [0.5, 0.6) is 0 Å². The van der Waals surface area contributed by atoms with Gasteiger partial charge in [0.05, 0.1) is 0 Å². The quantitative estimate of drug-likeness (QED) is 0.843. The van der Waals surface area contributed by atoms with Gasteiger partial charge in [0.25, 0.3) is 0 Å². The van der Waals surface area contributed by atoms with Crippen molar-refractivity contribution in [2.75, 3.05) is 6.54 Å². The molecule has 1 aromatic carbocycles. The number of nitrogens with one attached hydrogen (secondary N) is 1. The molecule has 17 heavy (non-hydrogen) atoms. The summed E-state index contributed by atoms with van der Waals surface area (Å²) in [6.07, 6.45) is 0. The summed E-state index contributed by atoms with van der Waals surface area (Å²) >= 11 is 0. The summed E-state index contributed by atoms with van der Waals surface area (Å²) in [7, 11) is 0. The summed E-state index contributed by atoms with van der Waals surface area (Å²) in [6.45, 7) is 8.96. The van der Waals surface area contributed by atoms with Gasteiger partial charge in [0.2, 0.25) is 0 Å². The Balaban J connectivity index is 2.96. The fourth-order valence-corrected chi connectivity index (χ4v) is 1.73. The molecule has 0 spiro atoms. The lowest BCUT2D eigenvalue weighted by Crippen LogP contribution is -2.28. The molecule has 1 unspecified atom stereocenters. The maximum Gasteiger partial charge on any atom is 0.325 e. The van der Waals surface area contributed by atoms with Crippen LogP contribution in [0.3, 0.4) is 0 Å². The Hall–Kier alpha value is -1.35. The zero-order chi connectivity index (χ0) is 13.1. The van der Waals surface area contributed by atoms with E-state index >= 15 is 0 Å². The highest BCUT2D eigenvalue weighted by molar-refractivity contribution is 5.75. The van der Waals surface area contributed by atoms with E-state index in [1.165, 1.54) is 5.56 Å². The third kappa shape index (κ3) is 3.56. The van der Waals surface area contributed by atoms with Crippen molar-refractivity contribution < 1.29 is 9.90 Å². The Kier molecular flexibility index (Phi) is 4.29. The van der Waals surface area contributed by atoms with Crippen LogP contribution in [0.2, 0.25) is 0 Å². The van der Waals surface area contributed by atoms with Gasteiger partial charge in [-0.25, -0.2) is 0 Å². The van der Waals surface area contributed by atoms with Crippen molar-refractivity contribution in [3.63, 3.8) is 0 Å². The molecule has 1 rings (SSSR count). The average Bonchev–Trinajstić information content (AvgIpc) is 2.24. The normalized spacial score (nSPS) is 13.4. The summed E-state index contributed by atoms with van der Waals surface area (Å²) in [6, 6.07) is 7.17. The predicted octanol–water partition coefficient (Wildman–Crippen LogP) is 2.72. The second-order valence-electron chi connectivity index (χ2n) is 5.20. The van der Waals surface area contributed by atoms with Gasteiger partial charge in [0.15, 0.2) is 0 Å². The molecule has 0 saturated heterocycles. The van der Waals surface area contributed by atoms with Gasteiger partial charge in [-0.05, 0) is 23.1 Å². The highest BCUT2D eigenvalue weighted by Crippen LogP contribution is 2.24. The Morgan fingerprint density at radius 3 is 2.18 bits per heavy atom. The summed E-state index contributed by atoms with van der Waals surface area (Å²) in [4.78, 5) is 11.1. The van der Waals surface area contributed by atoms with E-state index in [0.29, 0.717) is 6.54 Å². The molecule has 94 valence electrons. The van der Waals surface area contributed by atoms with Gasteiger partial charge in [-0.2, -0.15) is 0 Å². The molecule has 0 aliphatic rings. The van der Waals surface area contributed by atoms with Crippen molar-refractivity contribution in [1.29, 1.82) is 0 Å². The number of carboxylic acids is 1. The van der Waals surface area contributed by atoms with E-state index in [2.05, 4.69) is 26.1 Å². The Morgan fingerprint density at radius 1 is 1.29 bits per heavy atom. The maximum absolute atomic E-state index is 11.1. The standard InChI is InChI=1S/C14H21NO2/c1-5-15-12(13(16)17)10-6-8-11(9-7-10)14(2,3)4/h6-9,12,15H,5H2,1-4H3,(H,16,17). The van der Waals surface area contributed by atoms with Crippen LogP contribution in [-0.2, 0) is 10.2 Å². The van der Waals surface area contributed by atoms with E-state index in [0.717, 1.165) is 5.56 Å². The Morgan fingerprint density at radius 2 is 1.82 bits per heavy atom. The van der Waals surface area contributed by atoms with Crippen LogP contribution in [0.1, 0.15) is 44.9 Å². The summed E-state index contributed by atoms with van der Waals surface area (Å²) in [5, 5.41) is 12.1.